The Labute approximate surface area is 138 Å². The molecule has 7 nitrogen and oxygen atoms in total. The zero-order valence-electron chi connectivity index (χ0n) is 12.3. The van der Waals surface area contributed by atoms with Crippen molar-refractivity contribution in [3.8, 4) is 11.5 Å². The minimum absolute atomic E-state index is 0.0570. The van der Waals surface area contributed by atoms with Crippen LogP contribution >= 0.6 is 0 Å². The number of oxazole rings is 1. The molecule has 3 rings (SSSR count). The van der Waals surface area contributed by atoms with Crippen molar-refractivity contribution in [1.29, 1.82) is 0 Å². The minimum atomic E-state index is -4.46. The standard InChI is InChI=1S/C15H9F3N4O3/c16-15(17,18)8-1-3-10(19-5-8)12-7-21-14(25-12)22-9-2-4-11(13(23)24)20-6-9/h1-7H,(H,21,22)(H,23,24). The number of anilines is 2. The maximum atomic E-state index is 12.5. The van der Waals surface area contributed by atoms with E-state index in [0.717, 1.165) is 6.07 Å². The molecule has 3 aromatic rings. The van der Waals surface area contributed by atoms with E-state index < -0.39 is 17.7 Å². The van der Waals surface area contributed by atoms with Crippen molar-refractivity contribution in [3.05, 3.63) is 54.1 Å². The quantitative estimate of drug-likeness (QED) is 0.741. The minimum Gasteiger partial charge on any atom is -0.477 e. The smallest absolute Gasteiger partial charge is 0.417 e. The van der Waals surface area contributed by atoms with Gasteiger partial charge in [-0.25, -0.2) is 14.8 Å². The van der Waals surface area contributed by atoms with Crippen LogP contribution in [0, 0.1) is 0 Å². The van der Waals surface area contributed by atoms with Crippen LogP contribution in [0.3, 0.4) is 0 Å². The number of carbonyl (C=O) groups is 1. The second-order valence-electron chi connectivity index (χ2n) is 4.82. The molecule has 2 N–H and O–H groups in total. The van der Waals surface area contributed by atoms with Crippen LogP contribution in [0.1, 0.15) is 16.1 Å². The summed E-state index contributed by atoms with van der Waals surface area (Å²) in [6.07, 6.45) is -1.17. The molecule has 0 spiro atoms. The summed E-state index contributed by atoms with van der Waals surface area (Å²) in [6.45, 7) is 0. The summed E-state index contributed by atoms with van der Waals surface area (Å²) in [7, 11) is 0. The SMILES string of the molecule is O=C(O)c1ccc(Nc2ncc(-c3ccc(C(F)(F)F)cn3)o2)cn1. The second kappa shape index (κ2) is 6.23. The van der Waals surface area contributed by atoms with Crippen LogP contribution < -0.4 is 5.32 Å². The summed E-state index contributed by atoms with van der Waals surface area (Å²) in [6, 6.07) is 4.90. The molecule has 0 fully saturated rings. The molecule has 0 aliphatic rings. The maximum absolute atomic E-state index is 12.5. The first kappa shape index (κ1) is 16.4. The molecule has 0 saturated carbocycles. The Morgan fingerprint density at radius 3 is 2.40 bits per heavy atom. The normalized spacial score (nSPS) is 11.3. The summed E-state index contributed by atoms with van der Waals surface area (Å²) >= 11 is 0. The Balaban J connectivity index is 1.75. The molecule has 0 unspecified atom stereocenters. The number of carboxylic acid groups (broad SMARTS) is 1. The van der Waals surface area contributed by atoms with Gasteiger partial charge in [-0.2, -0.15) is 13.2 Å². The van der Waals surface area contributed by atoms with Crippen LogP contribution in [0.25, 0.3) is 11.5 Å². The number of nitrogens with one attached hydrogen (secondary N) is 1. The number of halogens is 3. The number of nitrogens with zero attached hydrogens (tertiary/aromatic N) is 3. The van der Waals surface area contributed by atoms with Gasteiger partial charge >= 0.3 is 12.1 Å². The van der Waals surface area contributed by atoms with Crippen molar-refractivity contribution < 1.29 is 27.5 Å². The van der Waals surface area contributed by atoms with E-state index in [1.807, 2.05) is 0 Å². The summed E-state index contributed by atoms with van der Waals surface area (Å²) < 4.78 is 42.9. The number of rotatable bonds is 4. The van der Waals surface area contributed by atoms with Crippen LogP contribution in [-0.2, 0) is 6.18 Å². The lowest BCUT2D eigenvalue weighted by molar-refractivity contribution is -0.137. The largest absolute Gasteiger partial charge is 0.477 e. The van der Waals surface area contributed by atoms with E-state index in [0.29, 0.717) is 11.9 Å². The molecule has 0 aliphatic heterocycles. The molecule has 25 heavy (non-hydrogen) atoms. The molecule has 0 saturated heterocycles. The van der Waals surface area contributed by atoms with Gasteiger partial charge in [-0.15, -0.1) is 0 Å². The van der Waals surface area contributed by atoms with Gasteiger partial charge in [0.1, 0.15) is 11.4 Å². The molecule has 0 aromatic carbocycles. The molecular weight excluding hydrogens is 341 g/mol. The van der Waals surface area contributed by atoms with Gasteiger partial charge in [0.2, 0.25) is 0 Å². The van der Waals surface area contributed by atoms with Gasteiger partial charge in [-0.1, -0.05) is 0 Å². The van der Waals surface area contributed by atoms with Gasteiger partial charge in [0.05, 0.1) is 23.6 Å². The lowest BCUT2D eigenvalue weighted by Gasteiger charge is -2.05. The number of hydrogen-bond acceptors (Lipinski definition) is 6. The second-order valence-corrected chi connectivity index (χ2v) is 4.82. The number of aromatic carboxylic acids is 1. The van der Waals surface area contributed by atoms with Gasteiger partial charge in [0, 0.05) is 6.20 Å². The van der Waals surface area contributed by atoms with Crippen molar-refractivity contribution in [2.45, 2.75) is 6.18 Å². The Kier molecular flexibility index (Phi) is 4.09. The fraction of sp³-hybridized carbons (Fsp3) is 0.0667. The molecule has 0 amide bonds. The van der Waals surface area contributed by atoms with Crippen molar-refractivity contribution in [2.75, 3.05) is 5.32 Å². The fourth-order valence-corrected chi connectivity index (χ4v) is 1.88. The lowest BCUT2D eigenvalue weighted by atomic mass is 10.2. The van der Waals surface area contributed by atoms with Crippen LogP contribution in [0.4, 0.5) is 24.9 Å². The van der Waals surface area contributed by atoms with Crippen molar-refractivity contribution in [2.24, 2.45) is 0 Å². The van der Waals surface area contributed by atoms with E-state index in [4.69, 9.17) is 9.52 Å². The highest BCUT2D eigenvalue weighted by molar-refractivity contribution is 5.85. The van der Waals surface area contributed by atoms with Gasteiger partial charge < -0.3 is 14.8 Å². The topological polar surface area (TPSA) is 101 Å². The molecule has 0 atom stereocenters. The number of aromatic nitrogens is 3. The monoisotopic (exact) mass is 350 g/mol. The Bertz CT molecular complexity index is 890. The van der Waals surface area contributed by atoms with Crippen LogP contribution in [0.5, 0.6) is 0 Å². The van der Waals surface area contributed by atoms with Crippen LogP contribution in [0.2, 0.25) is 0 Å². The summed E-state index contributed by atoms with van der Waals surface area (Å²) in [5.41, 5.74) is -0.363. The third kappa shape index (κ3) is 3.74. The van der Waals surface area contributed by atoms with Gasteiger partial charge in [0.25, 0.3) is 6.01 Å². The van der Waals surface area contributed by atoms with E-state index in [1.165, 1.54) is 30.6 Å². The molecule has 0 aliphatic carbocycles. The molecule has 10 heteroatoms. The van der Waals surface area contributed by atoms with Gasteiger partial charge in [-0.05, 0) is 24.3 Å². The molecule has 0 bridgehead atoms. The van der Waals surface area contributed by atoms with Crippen LogP contribution in [-0.4, -0.2) is 26.0 Å². The predicted octanol–water partition coefficient (Wildman–Crippen LogP) is 3.59. The van der Waals surface area contributed by atoms with E-state index in [-0.39, 0.29) is 23.2 Å². The third-order valence-electron chi connectivity index (χ3n) is 3.08. The fourth-order valence-electron chi connectivity index (χ4n) is 1.88. The highest BCUT2D eigenvalue weighted by atomic mass is 19.4. The average Bonchev–Trinajstić information content (AvgIpc) is 3.03. The zero-order chi connectivity index (χ0) is 18.0. The Morgan fingerprint density at radius 2 is 1.84 bits per heavy atom. The highest BCUT2D eigenvalue weighted by Gasteiger charge is 2.30. The first-order chi connectivity index (χ1) is 11.8. The Hall–Kier alpha value is -3.43. The molecule has 0 radical (unpaired) electrons. The summed E-state index contributed by atoms with van der Waals surface area (Å²) in [5, 5.41) is 11.5. The number of hydrogen-bond donors (Lipinski definition) is 2. The Morgan fingerprint density at radius 1 is 1.04 bits per heavy atom. The zero-order valence-corrected chi connectivity index (χ0v) is 12.3. The van der Waals surface area contributed by atoms with Crippen molar-refractivity contribution >= 4 is 17.7 Å². The first-order valence-electron chi connectivity index (χ1n) is 6.79. The highest BCUT2D eigenvalue weighted by Crippen LogP contribution is 2.30. The lowest BCUT2D eigenvalue weighted by Crippen LogP contribution is -2.05. The van der Waals surface area contributed by atoms with E-state index in [9.17, 15) is 18.0 Å². The summed E-state index contributed by atoms with van der Waals surface area (Å²) in [4.78, 5) is 22.1. The van der Waals surface area contributed by atoms with Crippen molar-refractivity contribution in [1.82, 2.24) is 15.0 Å². The average molecular weight is 350 g/mol. The van der Waals surface area contributed by atoms with Crippen molar-refractivity contribution in [3.63, 3.8) is 0 Å². The number of alkyl halides is 3. The van der Waals surface area contributed by atoms with Gasteiger partial charge in [0.15, 0.2) is 5.76 Å². The summed E-state index contributed by atoms with van der Waals surface area (Å²) in [5.74, 6) is -0.982. The van der Waals surface area contributed by atoms with E-state index in [2.05, 4.69) is 20.3 Å². The third-order valence-corrected chi connectivity index (χ3v) is 3.08. The van der Waals surface area contributed by atoms with E-state index >= 15 is 0 Å². The number of carboxylic acids is 1. The molecule has 128 valence electrons. The molecule has 3 aromatic heterocycles. The molecular formula is C15H9F3N4O3. The molecule has 3 heterocycles. The van der Waals surface area contributed by atoms with Crippen LogP contribution in [0.15, 0.2) is 47.3 Å². The van der Waals surface area contributed by atoms with E-state index in [1.54, 1.807) is 0 Å². The maximum Gasteiger partial charge on any atom is 0.417 e. The van der Waals surface area contributed by atoms with Gasteiger partial charge in [-0.3, -0.25) is 4.98 Å². The predicted molar refractivity (Wildman–Crippen MR) is 79.2 cm³/mol. The first-order valence-corrected chi connectivity index (χ1v) is 6.79. The number of pyridine rings is 2.